The van der Waals surface area contributed by atoms with Crippen molar-refractivity contribution >= 4 is 11.8 Å². The van der Waals surface area contributed by atoms with Crippen molar-refractivity contribution < 1.29 is 9.59 Å². The number of aromatic nitrogens is 2. The van der Waals surface area contributed by atoms with Crippen LogP contribution in [0.3, 0.4) is 0 Å². The number of carbonyl (C=O) groups excluding carboxylic acids is 2. The van der Waals surface area contributed by atoms with E-state index in [1.54, 1.807) is 35.8 Å². The van der Waals surface area contributed by atoms with Crippen LogP contribution >= 0.6 is 0 Å². The molecule has 1 aliphatic heterocycles. The van der Waals surface area contributed by atoms with E-state index in [0.29, 0.717) is 25.3 Å². The lowest BCUT2D eigenvalue weighted by molar-refractivity contribution is -0.133. The molecule has 0 N–H and O–H groups in total. The molecule has 0 radical (unpaired) electrons. The van der Waals surface area contributed by atoms with Crippen LogP contribution in [0.25, 0.3) is 0 Å². The van der Waals surface area contributed by atoms with Crippen LogP contribution in [-0.2, 0) is 11.8 Å². The van der Waals surface area contributed by atoms with Crippen molar-refractivity contribution in [3.8, 4) is 0 Å². The van der Waals surface area contributed by atoms with E-state index >= 15 is 0 Å². The largest absolute Gasteiger partial charge is 0.333 e. The molecule has 120 valence electrons. The molecule has 1 aromatic carbocycles. The van der Waals surface area contributed by atoms with Gasteiger partial charge in [0.15, 0.2) is 0 Å². The summed E-state index contributed by atoms with van der Waals surface area (Å²) >= 11 is 0. The number of benzene rings is 1. The van der Waals surface area contributed by atoms with E-state index in [0.717, 1.165) is 5.56 Å². The Morgan fingerprint density at radius 2 is 1.87 bits per heavy atom. The van der Waals surface area contributed by atoms with Crippen molar-refractivity contribution in [1.29, 1.82) is 0 Å². The van der Waals surface area contributed by atoms with E-state index < -0.39 is 0 Å². The number of hydrogen-bond acceptors (Lipinski definition) is 3. The summed E-state index contributed by atoms with van der Waals surface area (Å²) in [6.45, 7) is 3.12. The third-order valence-electron chi connectivity index (χ3n) is 4.19. The third-order valence-corrected chi connectivity index (χ3v) is 4.19. The fourth-order valence-electron chi connectivity index (χ4n) is 3.00. The van der Waals surface area contributed by atoms with Crippen molar-refractivity contribution in [2.24, 2.45) is 7.05 Å². The molecule has 2 heterocycles. The van der Waals surface area contributed by atoms with Crippen molar-refractivity contribution in [2.45, 2.75) is 13.0 Å². The summed E-state index contributed by atoms with van der Waals surface area (Å²) in [4.78, 5) is 28.2. The van der Waals surface area contributed by atoms with Gasteiger partial charge in [-0.3, -0.25) is 14.3 Å². The molecule has 1 saturated heterocycles. The maximum atomic E-state index is 12.6. The number of amides is 2. The Kier molecular flexibility index (Phi) is 4.14. The van der Waals surface area contributed by atoms with Crippen LogP contribution in [0.5, 0.6) is 0 Å². The Bertz CT molecular complexity index is 710. The second kappa shape index (κ2) is 6.24. The lowest BCUT2D eigenvalue weighted by Crippen LogP contribution is -2.51. The second-order valence-corrected chi connectivity index (χ2v) is 5.76. The molecule has 23 heavy (non-hydrogen) atoms. The van der Waals surface area contributed by atoms with Gasteiger partial charge in [-0.15, -0.1) is 0 Å². The van der Waals surface area contributed by atoms with Gasteiger partial charge in [-0.2, -0.15) is 5.10 Å². The molecular formula is C17H20N4O2. The zero-order valence-corrected chi connectivity index (χ0v) is 13.3. The van der Waals surface area contributed by atoms with Crippen LogP contribution in [-0.4, -0.2) is 51.0 Å². The molecule has 0 spiro atoms. The number of carbonyl (C=O) groups is 2. The standard InChI is InChI=1S/C17H20N4O2/c1-13(22)21-11-10-20(17(23)15-8-9-19(2)18-15)12-16(21)14-6-4-3-5-7-14/h3-9,16H,10-12H2,1-2H3. The summed E-state index contributed by atoms with van der Waals surface area (Å²) in [6, 6.07) is 11.4. The van der Waals surface area contributed by atoms with Crippen LogP contribution in [0.15, 0.2) is 42.6 Å². The molecule has 3 rings (SSSR count). The highest BCUT2D eigenvalue weighted by molar-refractivity contribution is 5.92. The van der Waals surface area contributed by atoms with Crippen molar-refractivity contribution in [2.75, 3.05) is 19.6 Å². The number of piperazine rings is 1. The van der Waals surface area contributed by atoms with Gasteiger partial charge in [-0.05, 0) is 11.6 Å². The van der Waals surface area contributed by atoms with E-state index in [2.05, 4.69) is 5.10 Å². The average molecular weight is 312 g/mol. The van der Waals surface area contributed by atoms with Gasteiger partial charge in [0.2, 0.25) is 5.91 Å². The Labute approximate surface area is 135 Å². The van der Waals surface area contributed by atoms with Crippen molar-refractivity contribution in [3.05, 3.63) is 53.9 Å². The highest BCUT2D eigenvalue weighted by Gasteiger charge is 2.32. The molecule has 2 amide bonds. The highest BCUT2D eigenvalue weighted by Crippen LogP contribution is 2.26. The normalized spacial score (nSPS) is 18.1. The summed E-state index contributed by atoms with van der Waals surface area (Å²) in [5, 5.41) is 4.18. The number of rotatable bonds is 2. The molecule has 2 aromatic rings. The average Bonchev–Trinajstić information content (AvgIpc) is 3.01. The SMILES string of the molecule is CC(=O)N1CCN(C(=O)c2ccn(C)n2)CC1c1ccccc1. The van der Waals surface area contributed by atoms with Crippen molar-refractivity contribution in [3.63, 3.8) is 0 Å². The molecule has 1 aromatic heterocycles. The summed E-state index contributed by atoms with van der Waals surface area (Å²) in [5.74, 6) is -0.0569. The molecule has 1 aliphatic rings. The van der Waals surface area contributed by atoms with E-state index in [-0.39, 0.29) is 17.9 Å². The van der Waals surface area contributed by atoms with Gasteiger partial charge in [-0.1, -0.05) is 30.3 Å². The van der Waals surface area contributed by atoms with E-state index in [9.17, 15) is 9.59 Å². The molecule has 1 atom stereocenters. The highest BCUT2D eigenvalue weighted by atomic mass is 16.2. The number of aryl methyl sites for hydroxylation is 1. The van der Waals surface area contributed by atoms with Crippen molar-refractivity contribution in [1.82, 2.24) is 19.6 Å². The van der Waals surface area contributed by atoms with E-state index in [1.807, 2.05) is 35.2 Å². The monoisotopic (exact) mass is 312 g/mol. The maximum absolute atomic E-state index is 12.6. The minimum absolute atomic E-state index is 0.0313. The zero-order chi connectivity index (χ0) is 16.4. The quantitative estimate of drug-likeness (QED) is 0.843. The lowest BCUT2D eigenvalue weighted by Gasteiger charge is -2.41. The molecule has 6 heteroatoms. The van der Waals surface area contributed by atoms with Crippen LogP contribution in [0, 0.1) is 0 Å². The van der Waals surface area contributed by atoms with Gasteiger partial charge in [0.25, 0.3) is 5.91 Å². The minimum atomic E-state index is -0.116. The van der Waals surface area contributed by atoms with Gasteiger partial charge >= 0.3 is 0 Å². The third kappa shape index (κ3) is 3.11. The van der Waals surface area contributed by atoms with Gasteiger partial charge < -0.3 is 9.80 Å². The first-order chi connectivity index (χ1) is 11.1. The Morgan fingerprint density at radius 3 is 2.48 bits per heavy atom. The van der Waals surface area contributed by atoms with E-state index in [1.165, 1.54) is 0 Å². The van der Waals surface area contributed by atoms with Gasteiger partial charge in [0.1, 0.15) is 5.69 Å². The van der Waals surface area contributed by atoms with Crippen LogP contribution in [0.4, 0.5) is 0 Å². The number of hydrogen-bond donors (Lipinski definition) is 0. The van der Waals surface area contributed by atoms with Gasteiger partial charge in [-0.25, -0.2) is 0 Å². The van der Waals surface area contributed by atoms with Gasteiger partial charge in [0, 0.05) is 39.8 Å². The zero-order valence-electron chi connectivity index (χ0n) is 13.3. The fraction of sp³-hybridized carbons (Fsp3) is 0.353. The molecular weight excluding hydrogens is 292 g/mol. The summed E-state index contributed by atoms with van der Waals surface area (Å²) in [7, 11) is 1.79. The van der Waals surface area contributed by atoms with Gasteiger partial charge in [0.05, 0.1) is 6.04 Å². The molecule has 0 saturated carbocycles. The first kappa shape index (κ1) is 15.3. The predicted octanol–water partition coefficient (Wildman–Crippen LogP) is 1.47. The molecule has 0 bridgehead atoms. The van der Waals surface area contributed by atoms with E-state index in [4.69, 9.17) is 0 Å². The second-order valence-electron chi connectivity index (χ2n) is 5.76. The first-order valence-corrected chi connectivity index (χ1v) is 7.67. The molecule has 0 aliphatic carbocycles. The topological polar surface area (TPSA) is 58.4 Å². The molecule has 1 unspecified atom stereocenters. The number of nitrogens with zero attached hydrogens (tertiary/aromatic N) is 4. The Balaban J connectivity index is 1.84. The smallest absolute Gasteiger partial charge is 0.274 e. The fourth-order valence-corrected chi connectivity index (χ4v) is 3.00. The van der Waals surface area contributed by atoms with Crippen LogP contribution < -0.4 is 0 Å². The summed E-state index contributed by atoms with van der Waals surface area (Å²) < 4.78 is 1.62. The summed E-state index contributed by atoms with van der Waals surface area (Å²) in [5.41, 5.74) is 1.48. The molecule has 6 nitrogen and oxygen atoms in total. The van der Waals surface area contributed by atoms with Crippen LogP contribution in [0.1, 0.15) is 29.0 Å². The minimum Gasteiger partial charge on any atom is -0.333 e. The lowest BCUT2D eigenvalue weighted by atomic mass is 10.0. The Morgan fingerprint density at radius 1 is 1.13 bits per heavy atom. The Hall–Kier alpha value is -2.63. The maximum Gasteiger partial charge on any atom is 0.274 e. The predicted molar refractivity (Wildman–Crippen MR) is 85.7 cm³/mol. The summed E-state index contributed by atoms with van der Waals surface area (Å²) in [6.07, 6.45) is 1.76. The molecule has 1 fully saturated rings. The van der Waals surface area contributed by atoms with Crippen LogP contribution in [0.2, 0.25) is 0 Å². The first-order valence-electron chi connectivity index (χ1n) is 7.67.